The van der Waals surface area contributed by atoms with Crippen LogP contribution in [0.4, 0.5) is 0 Å². The number of hydrogen-bond donors (Lipinski definition) is 2. The third-order valence-electron chi connectivity index (χ3n) is 14.1. The second-order valence-electron chi connectivity index (χ2n) is 17.5. The Kier molecular flexibility index (Phi) is 11.5. The van der Waals surface area contributed by atoms with Crippen LogP contribution in [0.25, 0.3) is 0 Å². The van der Waals surface area contributed by atoms with E-state index in [-0.39, 0.29) is 48.5 Å². The van der Waals surface area contributed by atoms with Gasteiger partial charge in [-0.1, -0.05) is 24.6 Å². The lowest BCUT2D eigenvalue weighted by atomic mass is 9.55. The molecule has 6 aliphatic heterocycles. The van der Waals surface area contributed by atoms with E-state index in [2.05, 4.69) is 13.0 Å². The number of carbonyl (C=O) groups excluding carboxylic acids is 2. The summed E-state index contributed by atoms with van der Waals surface area (Å²) in [4.78, 5) is 26.6. The highest BCUT2D eigenvalue weighted by molar-refractivity contribution is 5.92. The predicted molar refractivity (Wildman–Crippen MR) is 193 cm³/mol. The molecule has 314 valence electrons. The van der Waals surface area contributed by atoms with Crippen molar-refractivity contribution in [1.29, 1.82) is 0 Å². The van der Waals surface area contributed by atoms with Crippen molar-refractivity contribution in [3.8, 4) is 0 Å². The largest absolute Gasteiger partial charge is 0.459 e. The maximum atomic E-state index is 13.7. The van der Waals surface area contributed by atoms with Crippen molar-refractivity contribution in [3.63, 3.8) is 0 Å². The van der Waals surface area contributed by atoms with Gasteiger partial charge < -0.3 is 62.3 Å². The Labute approximate surface area is 328 Å². The summed E-state index contributed by atoms with van der Waals surface area (Å²) in [5.74, 6) is -2.50. The Morgan fingerprint density at radius 1 is 0.804 bits per heavy atom. The zero-order valence-corrected chi connectivity index (χ0v) is 33.5. The van der Waals surface area contributed by atoms with E-state index in [9.17, 15) is 19.8 Å². The molecule has 8 aliphatic rings. The van der Waals surface area contributed by atoms with Crippen LogP contribution in [0.5, 0.6) is 0 Å². The van der Waals surface area contributed by atoms with E-state index < -0.39 is 91.5 Å². The Hall–Kier alpha value is -2.02. The molecule has 0 aromatic carbocycles. The quantitative estimate of drug-likeness (QED) is 0.271. The predicted octanol–water partition coefficient (Wildman–Crippen LogP) is 3.21. The van der Waals surface area contributed by atoms with Gasteiger partial charge in [-0.05, 0) is 64.2 Å². The second-order valence-corrected chi connectivity index (χ2v) is 17.5. The molecule has 19 atom stereocenters. The molecule has 0 aromatic rings. The van der Waals surface area contributed by atoms with Crippen molar-refractivity contribution in [2.45, 2.75) is 178 Å². The number of allylic oxidation sites excluding steroid dienone is 2. The van der Waals surface area contributed by atoms with E-state index in [1.54, 1.807) is 28.1 Å². The average Bonchev–Trinajstić information content (AvgIpc) is 3.61. The van der Waals surface area contributed by atoms with Gasteiger partial charge >= 0.3 is 11.9 Å². The SMILES string of the molecule is CO[C@H]1C[C@H](O[C@H]2[C@@H](O)C[C@@H](O[C@H]3[C@H](C)O[C@@H](O[C@H]4CC[C@@]5(C)C(=CC[C@H]6C(=O)O[C@@H]7CO[C@]8(C)OC(=O)C(=CC[C@@H]65)[C@H]78)C4)C[C@H]3OC)O[C@@H]2C)O[C@@H](C)[C@@H]1O. The van der Waals surface area contributed by atoms with E-state index in [1.807, 2.05) is 19.9 Å². The Morgan fingerprint density at radius 3 is 2.20 bits per heavy atom. The summed E-state index contributed by atoms with van der Waals surface area (Å²) in [6, 6.07) is 0. The van der Waals surface area contributed by atoms with Gasteiger partial charge in [-0.2, -0.15) is 0 Å². The van der Waals surface area contributed by atoms with Crippen LogP contribution in [-0.2, 0) is 61.7 Å². The third-order valence-corrected chi connectivity index (χ3v) is 14.1. The Morgan fingerprint density at radius 2 is 1.46 bits per heavy atom. The van der Waals surface area contributed by atoms with Crippen LogP contribution in [0, 0.1) is 23.2 Å². The van der Waals surface area contributed by atoms with Crippen LogP contribution in [0.1, 0.15) is 86.0 Å². The van der Waals surface area contributed by atoms with Gasteiger partial charge in [0.25, 0.3) is 0 Å². The zero-order valence-electron chi connectivity index (χ0n) is 33.5. The lowest BCUT2D eigenvalue weighted by molar-refractivity contribution is -0.337. The smallest absolute Gasteiger partial charge is 0.336 e. The maximum Gasteiger partial charge on any atom is 0.336 e. The van der Waals surface area contributed by atoms with Gasteiger partial charge in [-0.25, -0.2) is 4.79 Å². The molecule has 6 heterocycles. The zero-order chi connectivity index (χ0) is 39.7. The van der Waals surface area contributed by atoms with Crippen molar-refractivity contribution in [2.75, 3.05) is 20.8 Å². The van der Waals surface area contributed by atoms with Crippen LogP contribution < -0.4 is 0 Å². The van der Waals surface area contributed by atoms with Crippen molar-refractivity contribution in [3.05, 3.63) is 23.3 Å². The minimum Gasteiger partial charge on any atom is -0.459 e. The number of methoxy groups -OCH3 is 2. The molecule has 1 saturated carbocycles. The van der Waals surface area contributed by atoms with E-state index >= 15 is 0 Å². The summed E-state index contributed by atoms with van der Waals surface area (Å²) in [7, 11) is 3.19. The molecule has 15 heteroatoms. The number of aliphatic hydroxyl groups excluding tert-OH is 2. The van der Waals surface area contributed by atoms with Gasteiger partial charge in [-0.15, -0.1) is 0 Å². The van der Waals surface area contributed by atoms with Crippen LogP contribution in [-0.4, -0.2) is 135 Å². The van der Waals surface area contributed by atoms with Crippen molar-refractivity contribution >= 4 is 11.9 Å². The molecule has 15 nitrogen and oxygen atoms in total. The van der Waals surface area contributed by atoms with Gasteiger partial charge in [0.1, 0.15) is 24.4 Å². The molecule has 0 bridgehead atoms. The summed E-state index contributed by atoms with van der Waals surface area (Å²) >= 11 is 0. The van der Waals surface area contributed by atoms with E-state index in [0.717, 1.165) is 12.8 Å². The number of fused-ring (bicyclic) bond motifs is 3. The fourth-order valence-electron chi connectivity index (χ4n) is 10.9. The maximum absolute atomic E-state index is 13.7. The Bertz CT molecular complexity index is 1520. The van der Waals surface area contributed by atoms with Crippen LogP contribution >= 0.6 is 0 Å². The highest BCUT2D eigenvalue weighted by atomic mass is 16.8. The topological polar surface area (TPSA) is 176 Å². The first-order valence-electron chi connectivity index (χ1n) is 20.5. The first kappa shape index (κ1) is 40.7. The summed E-state index contributed by atoms with van der Waals surface area (Å²) < 4.78 is 66.6. The molecule has 2 N–H and O–H groups in total. The standard InChI is InChI=1S/C41H60O15/c1-19-35(43)28(46-6)16-33(49-19)54-36-20(2)50-31(15-27(36)42)55-37-21(3)51-32(17-29(37)47-7)52-23-12-13-40(4)22(14-23)8-9-24-26(40)11-10-25-34-30(53-38(24)44)18-48-41(34,5)56-39(25)45/h8,10,19-21,23-24,26-37,42-43H,9,11-18H2,1-7H3/t19-,20+,21-,23-,24+,26-,27-,28-,29+,30+,31+,32-,33-,34+,35-,36+,37-,40-,41+/m0/s1. The van der Waals surface area contributed by atoms with Crippen molar-refractivity contribution < 1.29 is 71.9 Å². The molecule has 0 spiro atoms. The van der Waals surface area contributed by atoms with Crippen LogP contribution in [0.15, 0.2) is 23.3 Å². The summed E-state index contributed by atoms with van der Waals surface area (Å²) in [6.45, 7) is 9.72. The number of carbonyl (C=O) groups is 2. The van der Waals surface area contributed by atoms with Crippen LogP contribution in [0.2, 0.25) is 0 Å². The minimum atomic E-state index is -1.10. The molecule has 2 aliphatic carbocycles. The van der Waals surface area contributed by atoms with E-state index in [1.165, 1.54) is 5.57 Å². The Balaban J connectivity index is 0.864. The number of aliphatic hydroxyl groups is 2. The number of rotatable bonds is 8. The highest BCUT2D eigenvalue weighted by Crippen LogP contribution is 2.56. The summed E-state index contributed by atoms with van der Waals surface area (Å²) in [5.41, 5.74) is 1.55. The first-order chi connectivity index (χ1) is 26.7. The lowest BCUT2D eigenvalue weighted by Crippen LogP contribution is -2.56. The monoisotopic (exact) mass is 792 g/mol. The fourth-order valence-corrected chi connectivity index (χ4v) is 10.9. The van der Waals surface area contributed by atoms with E-state index in [4.69, 9.17) is 52.1 Å². The highest BCUT2D eigenvalue weighted by Gasteiger charge is 2.61. The van der Waals surface area contributed by atoms with E-state index in [0.29, 0.717) is 37.7 Å². The van der Waals surface area contributed by atoms with Gasteiger partial charge in [0.05, 0.1) is 61.2 Å². The number of ether oxygens (including phenoxy) is 11. The molecule has 6 fully saturated rings. The lowest BCUT2D eigenvalue weighted by Gasteiger charge is -2.50. The van der Waals surface area contributed by atoms with Gasteiger partial charge in [-0.3, -0.25) is 4.79 Å². The molecule has 0 radical (unpaired) electrons. The summed E-state index contributed by atoms with van der Waals surface area (Å²) in [6.07, 6.45) is 1.13. The minimum absolute atomic E-state index is 0.0315. The van der Waals surface area contributed by atoms with Crippen molar-refractivity contribution in [2.24, 2.45) is 23.2 Å². The number of hydrogen-bond acceptors (Lipinski definition) is 15. The molecular weight excluding hydrogens is 732 g/mol. The average molecular weight is 793 g/mol. The molecule has 56 heavy (non-hydrogen) atoms. The van der Waals surface area contributed by atoms with Gasteiger partial charge in [0.15, 0.2) is 18.9 Å². The fraction of sp³-hybridized carbons (Fsp3) is 0.854. The summed E-state index contributed by atoms with van der Waals surface area (Å²) in [5, 5.41) is 21.5. The molecule has 8 rings (SSSR count). The molecule has 0 aromatic heterocycles. The van der Waals surface area contributed by atoms with Gasteiger partial charge in [0.2, 0.25) is 5.79 Å². The van der Waals surface area contributed by atoms with Gasteiger partial charge in [0, 0.05) is 46.0 Å². The molecule has 5 saturated heterocycles. The molecule has 0 amide bonds. The number of esters is 2. The van der Waals surface area contributed by atoms with Crippen molar-refractivity contribution in [1.82, 2.24) is 0 Å². The van der Waals surface area contributed by atoms with Crippen LogP contribution in [0.3, 0.4) is 0 Å². The normalized spacial score (nSPS) is 50.6. The first-order valence-corrected chi connectivity index (χ1v) is 20.5. The third kappa shape index (κ3) is 7.41. The molecule has 0 unspecified atom stereocenters. The second kappa shape index (κ2) is 15.9. The molecular formula is C41H60O15.